The fourth-order valence-corrected chi connectivity index (χ4v) is 3.84. The van der Waals surface area contributed by atoms with E-state index in [-0.39, 0.29) is 25.3 Å². The van der Waals surface area contributed by atoms with Crippen LogP contribution >= 0.6 is 0 Å². The summed E-state index contributed by atoms with van der Waals surface area (Å²) in [4.78, 5) is 60.6. The lowest BCUT2D eigenvalue weighted by Gasteiger charge is -2.33. The van der Waals surface area contributed by atoms with Crippen molar-refractivity contribution in [2.75, 3.05) is 13.2 Å². The van der Waals surface area contributed by atoms with Gasteiger partial charge in [-0.15, -0.1) is 0 Å². The maximum Gasteiger partial charge on any atom is 0.344 e. The van der Waals surface area contributed by atoms with E-state index >= 15 is 0 Å². The molecule has 1 saturated carbocycles. The largest absolute Gasteiger partial charge is 0.455 e. The minimum atomic E-state index is -0.967. The van der Waals surface area contributed by atoms with Gasteiger partial charge < -0.3 is 15.4 Å². The van der Waals surface area contributed by atoms with E-state index in [2.05, 4.69) is 23.0 Å². The van der Waals surface area contributed by atoms with Gasteiger partial charge in [-0.2, -0.15) is 5.01 Å². The lowest BCUT2D eigenvalue weighted by molar-refractivity contribution is -0.150. The molecular formula is C22H28N4O6. The maximum absolute atomic E-state index is 12.7. The number of hydrazine groups is 1. The summed E-state index contributed by atoms with van der Waals surface area (Å²) in [5.41, 5.74) is 2.09. The summed E-state index contributed by atoms with van der Waals surface area (Å²) in [6.45, 7) is 1.52. The molecule has 10 heteroatoms. The summed E-state index contributed by atoms with van der Waals surface area (Å²) in [6, 6.07) is 8.49. The lowest BCUT2D eigenvalue weighted by Crippen LogP contribution is -2.52. The topological polar surface area (TPSA) is 134 Å². The Balaban J connectivity index is 1.35. The lowest BCUT2D eigenvalue weighted by atomic mass is 9.77. The minimum Gasteiger partial charge on any atom is -0.455 e. The highest BCUT2D eigenvalue weighted by molar-refractivity contribution is 6.08. The zero-order valence-corrected chi connectivity index (χ0v) is 18.0. The standard InChI is InChI=1S/C22H28N4O6/c1-15-7-10-22(11-8-15)20(30)26(21(31)24-22)25-18(28)14-32-19(29)9-12-23-17(27)13-16-5-3-2-4-6-16/h2-6,15H,7-14H2,1H3,(H,23,27)(H,24,31)(H,25,28). The number of ether oxygens (including phenoxy) is 1. The number of nitrogens with one attached hydrogen (secondary N) is 3. The van der Waals surface area contributed by atoms with Gasteiger partial charge in [-0.1, -0.05) is 37.3 Å². The number of hydrogen-bond donors (Lipinski definition) is 3. The first-order chi connectivity index (χ1) is 15.3. The van der Waals surface area contributed by atoms with E-state index in [1.54, 1.807) is 0 Å². The van der Waals surface area contributed by atoms with Crippen LogP contribution in [-0.4, -0.2) is 53.4 Å². The number of urea groups is 1. The molecule has 1 spiro atoms. The SMILES string of the molecule is CC1CCC2(CC1)NC(=O)N(NC(=O)COC(=O)CCNC(=O)Cc1ccccc1)C2=O. The van der Waals surface area contributed by atoms with Gasteiger partial charge in [0.2, 0.25) is 5.91 Å². The van der Waals surface area contributed by atoms with E-state index in [9.17, 15) is 24.0 Å². The monoisotopic (exact) mass is 444 g/mol. The first-order valence-electron chi connectivity index (χ1n) is 10.7. The van der Waals surface area contributed by atoms with Crippen LogP contribution in [0.5, 0.6) is 0 Å². The fourth-order valence-electron chi connectivity index (χ4n) is 3.84. The second-order valence-corrected chi connectivity index (χ2v) is 8.29. The van der Waals surface area contributed by atoms with E-state index in [1.807, 2.05) is 30.3 Å². The van der Waals surface area contributed by atoms with Gasteiger partial charge in [-0.05, 0) is 37.2 Å². The van der Waals surface area contributed by atoms with Crippen LogP contribution in [0.1, 0.15) is 44.6 Å². The summed E-state index contributed by atoms with van der Waals surface area (Å²) in [5.74, 6) is -1.72. The van der Waals surface area contributed by atoms with Gasteiger partial charge in [0.25, 0.3) is 11.8 Å². The second-order valence-electron chi connectivity index (χ2n) is 8.29. The summed E-state index contributed by atoms with van der Waals surface area (Å²) in [6.07, 6.45) is 2.76. The fraction of sp³-hybridized carbons (Fsp3) is 0.500. The summed E-state index contributed by atoms with van der Waals surface area (Å²) < 4.78 is 4.86. The average Bonchev–Trinajstić information content (AvgIpc) is 2.99. The van der Waals surface area contributed by atoms with Crippen molar-refractivity contribution in [3.63, 3.8) is 0 Å². The normalized spacial score (nSPS) is 22.4. The van der Waals surface area contributed by atoms with Crippen LogP contribution in [0.2, 0.25) is 0 Å². The maximum atomic E-state index is 12.7. The molecule has 0 radical (unpaired) electrons. The second kappa shape index (κ2) is 10.3. The Morgan fingerprint density at radius 1 is 1.12 bits per heavy atom. The number of carbonyl (C=O) groups is 5. The molecule has 1 aliphatic heterocycles. The van der Waals surface area contributed by atoms with Gasteiger partial charge in [0.15, 0.2) is 6.61 Å². The van der Waals surface area contributed by atoms with Crippen molar-refractivity contribution >= 4 is 29.7 Å². The van der Waals surface area contributed by atoms with Gasteiger partial charge in [0.05, 0.1) is 12.8 Å². The first-order valence-corrected chi connectivity index (χ1v) is 10.7. The molecule has 1 heterocycles. The molecule has 3 N–H and O–H groups in total. The van der Waals surface area contributed by atoms with Crippen molar-refractivity contribution in [1.82, 2.24) is 21.1 Å². The third kappa shape index (κ3) is 5.83. The number of amides is 5. The number of esters is 1. The summed E-state index contributed by atoms with van der Waals surface area (Å²) >= 11 is 0. The molecular weight excluding hydrogens is 416 g/mol. The average molecular weight is 444 g/mol. The van der Waals surface area contributed by atoms with Crippen LogP contribution in [0, 0.1) is 5.92 Å². The Hall–Kier alpha value is -3.43. The molecule has 1 saturated heterocycles. The van der Waals surface area contributed by atoms with E-state index in [0.29, 0.717) is 23.8 Å². The van der Waals surface area contributed by atoms with Crippen LogP contribution in [0.25, 0.3) is 0 Å². The molecule has 2 aliphatic rings. The molecule has 0 bridgehead atoms. The van der Waals surface area contributed by atoms with Crippen molar-refractivity contribution in [3.05, 3.63) is 35.9 Å². The van der Waals surface area contributed by atoms with Crippen LogP contribution in [0.4, 0.5) is 4.79 Å². The van der Waals surface area contributed by atoms with Crippen molar-refractivity contribution in [2.45, 2.75) is 51.0 Å². The van der Waals surface area contributed by atoms with Crippen LogP contribution in [0.15, 0.2) is 30.3 Å². The van der Waals surface area contributed by atoms with Crippen molar-refractivity contribution < 1.29 is 28.7 Å². The molecule has 1 aromatic rings. The molecule has 5 amide bonds. The molecule has 172 valence electrons. The molecule has 0 atom stereocenters. The Morgan fingerprint density at radius 2 is 1.81 bits per heavy atom. The molecule has 0 aromatic heterocycles. The number of hydrogen-bond acceptors (Lipinski definition) is 6. The van der Waals surface area contributed by atoms with E-state index in [4.69, 9.17) is 4.74 Å². The zero-order valence-electron chi connectivity index (χ0n) is 18.0. The molecule has 1 aromatic carbocycles. The number of carbonyl (C=O) groups excluding carboxylic acids is 5. The van der Waals surface area contributed by atoms with Gasteiger partial charge in [-0.25, -0.2) is 4.79 Å². The van der Waals surface area contributed by atoms with E-state index in [1.165, 1.54) is 0 Å². The van der Waals surface area contributed by atoms with Crippen LogP contribution < -0.4 is 16.1 Å². The van der Waals surface area contributed by atoms with Gasteiger partial charge in [-0.3, -0.25) is 24.6 Å². The number of imide groups is 1. The zero-order chi connectivity index (χ0) is 23.1. The van der Waals surface area contributed by atoms with E-state index in [0.717, 1.165) is 18.4 Å². The highest BCUT2D eigenvalue weighted by Crippen LogP contribution is 2.35. The van der Waals surface area contributed by atoms with Gasteiger partial charge in [0, 0.05) is 6.54 Å². The minimum absolute atomic E-state index is 0.0695. The quantitative estimate of drug-likeness (QED) is 0.401. The first kappa shape index (κ1) is 23.2. The van der Waals surface area contributed by atoms with E-state index < -0.39 is 36.0 Å². The Morgan fingerprint density at radius 3 is 2.50 bits per heavy atom. The molecule has 0 unspecified atom stereocenters. The number of nitrogens with zero attached hydrogens (tertiary/aromatic N) is 1. The Bertz CT molecular complexity index is 880. The molecule has 3 rings (SSSR count). The third-order valence-electron chi connectivity index (χ3n) is 5.75. The highest BCUT2D eigenvalue weighted by Gasteiger charge is 2.52. The van der Waals surface area contributed by atoms with Crippen LogP contribution in [0.3, 0.4) is 0 Å². The van der Waals surface area contributed by atoms with Crippen molar-refractivity contribution in [3.8, 4) is 0 Å². The summed E-state index contributed by atoms with van der Waals surface area (Å²) in [5, 5.41) is 5.96. The Labute approximate surface area is 186 Å². The highest BCUT2D eigenvalue weighted by atomic mass is 16.5. The number of rotatable bonds is 8. The van der Waals surface area contributed by atoms with Crippen molar-refractivity contribution in [1.29, 1.82) is 0 Å². The third-order valence-corrected chi connectivity index (χ3v) is 5.75. The van der Waals surface area contributed by atoms with Gasteiger partial charge >= 0.3 is 12.0 Å². The number of benzene rings is 1. The van der Waals surface area contributed by atoms with Crippen molar-refractivity contribution in [2.24, 2.45) is 5.92 Å². The predicted molar refractivity (Wildman–Crippen MR) is 113 cm³/mol. The Kier molecular flexibility index (Phi) is 7.45. The smallest absolute Gasteiger partial charge is 0.344 e. The molecule has 1 aliphatic carbocycles. The predicted octanol–water partition coefficient (Wildman–Crippen LogP) is 0.811. The molecule has 32 heavy (non-hydrogen) atoms. The van der Waals surface area contributed by atoms with Crippen LogP contribution in [-0.2, 0) is 30.3 Å². The summed E-state index contributed by atoms with van der Waals surface area (Å²) in [7, 11) is 0. The van der Waals surface area contributed by atoms with Gasteiger partial charge in [0.1, 0.15) is 5.54 Å². The molecule has 2 fully saturated rings. The molecule has 10 nitrogen and oxygen atoms in total.